The number of nitrogens with one attached hydrogen (secondary N) is 1. The fourth-order valence-electron chi connectivity index (χ4n) is 0.574. The monoisotopic (exact) mass is 187 g/mol. The minimum absolute atomic E-state index is 0.108. The predicted molar refractivity (Wildman–Crippen MR) is 38.9 cm³/mol. The summed E-state index contributed by atoms with van der Waals surface area (Å²) in [7, 11) is 0. The van der Waals surface area contributed by atoms with Crippen molar-refractivity contribution in [3.8, 4) is 0 Å². The normalized spacial score (nSPS) is 9.44. The van der Waals surface area contributed by atoms with E-state index in [0.29, 0.717) is 5.33 Å². The first-order chi connectivity index (χ1) is 4.34. The van der Waals surface area contributed by atoms with Crippen LogP contribution in [0.4, 0.5) is 0 Å². The maximum absolute atomic E-state index is 10.8. The second-order valence-electron chi connectivity index (χ2n) is 1.66. The van der Waals surface area contributed by atoms with Gasteiger partial charge in [-0.05, 0) is 6.07 Å². The van der Waals surface area contributed by atoms with Gasteiger partial charge in [0.15, 0.2) is 5.78 Å². The Morgan fingerprint density at radius 1 is 1.78 bits per heavy atom. The van der Waals surface area contributed by atoms with Crippen LogP contribution in [-0.4, -0.2) is 16.1 Å². The summed E-state index contributed by atoms with van der Waals surface area (Å²) in [6.45, 7) is 0. The maximum atomic E-state index is 10.8. The lowest BCUT2D eigenvalue weighted by Gasteiger charge is -1.85. The third kappa shape index (κ3) is 1.42. The van der Waals surface area contributed by atoms with Crippen LogP contribution in [0.5, 0.6) is 0 Å². The molecule has 0 saturated heterocycles. The molecule has 0 aliphatic carbocycles. The summed E-state index contributed by atoms with van der Waals surface area (Å²) < 4.78 is 0. The molecule has 0 aromatic carbocycles. The molecular weight excluding hydrogens is 182 g/mol. The number of carbonyl (C=O) groups is 1. The van der Waals surface area contributed by atoms with E-state index in [2.05, 4.69) is 20.9 Å². The number of aromatic nitrogens is 1. The molecular formula is C6H6BrNO. The molecule has 1 heterocycles. The Morgan fingerprint density at radius 2 is 2.56 bits per heavy atom. The summed E-state index contributed by atoms with van der Waals surface area (Å²) in [6.07, 6.45) is 3.42. The molecule has 0 fully saturated rings. The second-order valence-corrected chi connectivity index (χ2v) is 2.22. The molecule has 3 heteroatoms. The van der Waals surface area contributed by atoms with Gasteiger partial charge in [0.25, 0.3) is 0 Å². The van der Waals surface area contributed by atoms with Crippen molar-refractivity contribution in [3.05, 3.63) is 24.0 Å². The van der Waals surface area contributed by atoms with Gasteiger partial charge in [0.1, 0.15) is 0 Å². The van der Waals surface area contributed by atoms with Gasteiger partial charge in [-0.3, -0.25) is 4.79 Å². The highest BCUT2D eigenvalue weighted by Crippen LogP contribution is 1.99. The van der Waals surface area contributed by atoms with Crippen molar-refractivity contribution in [2.45, 2.75) is 0 Å². The van der Waals surface area contributed by atoms with Gasteiger partial charge in [-0.15, -0.1) is 0 Å². The lowest BCUT2D eigenvalue weighted by molar-refractivity contribution is 0.102. The van der Waals surface area contributed by atoms with E-state index in [1.807, 2.05) is 0 Å². The highest BCUT2D eigenvalue weighted by Gasteiger charge is 2.00. The summed E-state index contributed by atoms with van der Waals surface area (Å²) in [4.78, 5) is 13.6. The van der Waals surface area contributed by atoms with Gasteiger partial charge in [0.05, 0.1) is 5.33 Å². The molecule has 0 amide bonds. The van der Waals surface area contributed by atoms with Gasteiger partial charge in [-0.25, -0.2) is 0 Å². The van der Waals surface area contributed by atoms with E-state index >= 15 is 0 Å². The molecule has 0 saturated carbocycles. The molecule has 48 valence electrons. The Balaban J connectivity index is 2.77. The highest BCUT2D eigenvalue weighted by atomic mass is 79.9. The zero-order valence-corrected chi connectivity index (χ0v) is 6.31. The lowest BCUT2D eigenvalue weighted by Crippen LogP contribution is -1.96. The van der Waals surface area contributed by atoms with E-state index in [1.165, 1.54) is 0 Å². The number of carbonyl (C=O) groups excluding carboxylic acids is 1. The van der Waals surface area contributed by atoms with Gasteiger partial charge in [0.2, 0.25) is 0 Å². The number of hydrogen-bond acceptors (Lipinski definition) is 1. The molecule has 1 aromatic rings. The van der Waals surface area contributed by atoms with Crippen LogP contribution in [0.15, 0.2) is 18.5 Å². The zero-order chi connectivity index (χ0) is 6.69. The van der Waals surface area contributed by atoms with Crippen molar-refractivity contribution in [2.24, 2.45) is 0 Å². The zero-order valence-electron chi connectivity index (χ0n) is 4.73. The van der Waals surface area contributed by atoms with E-state index in [-0.39, 0.29) is 5.78 Å². The Hall–Kier alpha value is -0.570. The Morgan fingerprint density at radius 3 is 3.00 bits per heavy atom. The molecule has 9 heavy (non-hydrogen) atoms. The van der Waals surface area contributed by atoms with Crippen molar-refractivity contribution >= 4 is 21.7 Å². The molecule has 1 N–H and O–H groups in total. The Labute approximate surface area is 61.4 Å². The third-order valence-electron chi connectivity index (χ3n) is 1.04. The Kier molecular flexibility index (Phi) is 2.05. The van der Waals surface area contributed by atoms with Crippen LogP contribution >= 0.6 is 15.9 Å². The predicted octanol–water partition coefficient (Wildman–Crippen LogP) is 1.59. The van der Waals surface area contributed by atoms with Crippen molar-refractivity contribution in [3.63, 3.8) is 0 Å². The quantitative estimate of drug-likeness (QED) is 0.554. The first-order valence-electron chi connectivity index (χ1n) is 2.56. The molecule has 0 aliphatic rings. The fourth-order valence-corrected chi connectivity index (χ4v) is 0.898. The molecule has 0 unspecified atom stereocenters. The van der Waals surface area contributed by atoms with E-state index in [4.69, 9.17) is 0 Å². The summed E-state index contributed by atoms with van der Waals surface area (Å²) >= 11 is 3.07. The van der Waals surface area contributed by atoms with Crippen LogP contribution in [0.1, 0.15) is 10.4 Å². The molecule has 0 atom stereocenters. The molecule has 1 rings (SSSR count). The van der Waals surface area contributed by atoms with Gasteiger partial charge in [-0.2, -0.15) is 0 Å². The number of hydrogen-bond donors (Lipinski definition) is 1. The largest absolute Gasteiger partial charge is 0.367 e. The smallest absolute Gasteiger partial charge is 0.174 e. The number of Topliss-reactive ketones (excluding diaryl/α,β-unsaturated/α-hetero) is 1. The molecule has 0 aliphatic heterocycles. The molecule has 0 bridgehead atoms. The topological polar surface area (TPSA) is 32.9 Å². The van der Waals surface area contributed by atoms with Crippen LogP contribution in [0.25, 0.3) is 0 Å². The standard InChI is InChI=1S/C6H6BrNO/c7-3-6(9)5-1-2-8-4-5/h1-2,4,8H,3H2. The van der Waals surface area contributed by atoms with Gasteiger partial charge >= 0.3 is 0 Å². The first kappa shape index (κ1) is 6.55. The lowest BCUT2D eigenvalue weighted by atomic mass is 10.2. The first-order valence-corrected chi connectivity index (χ1v) is 3.68. The van der Waals surface area contributed by atoms with Gasteiger partial charge in [0, 0.05) is 18.0 Å². The SMILES string of the molecule is O=C(CBr)c1cc[nH]c1. The van der Waals surface area contributed by atoms with E-state index in [0.717, 1.165) is 5.56 Å². The summed E-state index contributed by atoms with van der Waals surface area (Å²) in [5.74, 6) is 0.108. The van der Waals surface area contributed by atoms with Gasteiger partial charge in [-0.1, -0.05) is 15.9 Å². The summed E-state index contributed by atoms with van der Waals surface area (Å²) in [5.41, 5.74) is 0.729. The number of ketones is 1. The minimum atomic E-state index is 0.108. The number of aromatic amines is 1. The molecule has 0 radical (unpaired) electrons. The van der Waals surface area contributed by atoms with Crippen molar-refractivity contribution in [1.29, 1.82) is 0 Å². The number of halogens is 1. The van der Waals surface area contributed by atoms with Crippen LogP contribution in [0, 0.1) is 0 Å². The van der Waals surface area contributed by atoms with Crippen molar-refractivity contribution in [1.82, 2.24) is 4.98 Å². The molecule has 0 spiro atoms. The number of rotatable bonds is 2. The van der Waals surface area contributed by atoms with Crippen molar-refractivity contribution < 1.29 is 4.79 Å². The number of H-pyrrole nitrogens is 1. The van der Waals surface area contributed by atoms with Crippen LogP contribution < -0.4 is 0 Å². The molecule has 2 nitrogen and oxygen atoms in total. The summed E-state index contributed by atoms with van der Waals surface area (Å²) in [6, 6.07) is 1.75. The van der Waals surface area contributed by atoms with Crippen molar-refractivity contribution in [2.75, 3.05) is 5.33 Å². The van der Waals surface area contributed by atoms with Crippen LogP contribution in [0.3, 0.4) is 0 Å². The Bertz CT molecular complexity index is 193. The van der Waals surface area contributed by atoms with Gasteiger partial charge < -0.3 is 4.98 Å². The molecule has 1 aromatic heterocycles. The maximum Gasteiger partial charge on any atom is 0.174 e. The summed E-state index contributed by atoms with van der Waals surface area (Å²) in [5, 5.41) is 0.394. The third-order valence-corrected chi connectivity index (χ3v) is 1.55. The number of alkyl halides is 1. The fraction of sp³-hybridized carbons (Fsp3) is 0.167. The highest BCUT2D eigenvalue weighted by molar-refractivity contribution is 9.09. The van der Waals surface area contributed by atoms with E-state index < -0.39 is 0 Å². The minimum Gasteiger partial charge on any atom is -0.367 e. The average Bonchev–Trinajstić information content (AvgIpc) is 2.37. The van der Waals surface area contributed by atoms with Crippen LogP contribution in [0.2, 0.25) is 0 Å². The van der Waals surface area contributed by atoms with E-state index in [9.17, 15) is 4.79 Å². The second kappa shape index (κ2) is 2.82. The average molecular weight is 188 g/mol. The van der Waals surface area contributed by atoms with Crippen LogP contribution in [-0.2, 0) is 0 Å². The van der Waals surface area contributed by atoms with E-state index in [1.54, 1.807) is 18.5 Å².